The zero-order chi connectivity index (χ0) is 8.72. The van der Waals surface area contributed by atoms with E-state index in [1.807, 2.05) is 6.92 Å². The number of cyclic esters (lactones) is 1. The van der Waals surface area contributed by atoms with E-state index in [0.29, 0.717) is 0 Å². The molecule has 0 saturated carbocycles. The molecule has 0 amide bonds. The first-order valence-electron chi connectivity index (χ1n) is 3.76. The van der Waals surface area contributed by atoms with E-state index in [1.165, 1.54) is 6.08 Å². The predicted molar refractivity (Wildman–Crippen MR) is 38.4 cm³/mol. The lowest BCUT2D eigenvalue weighted by atomic mass is 10.1. The maximum absolute atomic E-state index is 11.1. The molecule has 4 heteroatoms. The summed E-state index contributed by atoms with van der Waals surface area (Å²) in [4.78, 5) is 21.9. The van der Waals surface area contributed by atoms with Crippen molar-refractivity contribution in [2.75, 3.05) is 0 Å². The van der Waals surface area contributed by atoms with E-state index in [2.05, 4.69) is 0 Å². The van der Waals surface area contributed by atoms with Crippen molar-refractivity contribution in [2.45, 2.75) is 25.2 Å². The second-order valence-corrected chi connectivity index (χ2v) is 2.90. The first kappa shape index (κ1) is 7.49. The third-order valence-electron chi connectivity index (χ3n) is 1.96. The Morgan fingerprint density at radius 1 is 1.33 bits per heavy atom. The van der Waals surface area contributed by atoms with Gasteiger partial charge < -0.3 is 9.47 Å². The molecule has 0 aliphatic carbocycles. The predicted octanol–water partition coefficient (Wildman–Crippen LogP) is -0.176. The lowest BCUT2D eigenvalue weighted by molar-refractivity contribution is -0.151. The maximum Gasteiger partial charge on any atom is 0.331 e. The molecule has 2 rings (SSSR count). The van der Waals surface area contributed by atoms with E-state index >= 15 is 0 Å². The molecule has 0 aromatic carbocycles. The van der Waals surface area contributed by atoms with Crippen LogP contribution in [0.25, 0.3) is 0 Å². The number of hydrogen-bond donors (Lipinski definition) is 0. The summed E-state index contributed by atoms with van der Waals surface area (Å²) in [6.45, 7) is 1.84. The number of epoxide rings is 1. The zero-order valence-electron chi connectivity index (χ0n) is 6.52. The van der Waals surface area contributed by atoms with Gasteiger partial charge in [-0.3, -0.25) is 4.79 Å². The van der Waals surface area contributed by atoms with Crippen molar-refractivity contribution in [3.8, 4) is 0 Å². The van der Waals surface area contributed by atoms with Crippen molar-refractivity contribution in [2.24, 2.45) is 0 Å². The van der Waals surface area contributed by atoms with Crippen LogP contribution in [0.3, 0.4) is 0 Å². The number of carbonyl (C=O) groups is 2. The summed E-state index contributed by atoms with van der Waals surface area (Å²) in [5.74, 6) is -0.661. The molecule has 0 aromatic heterocycles. The van der Waals surface area contributed by atoms with E-state index in [0.717, 1.165) is 6.08 Å². The number of esters is 1. The maximum atomic E-state index is 11.1. The molecule has 2 aliphatic heterocycles. The summed E-state index contributed by atoms with van der Waals surface area (Å²) in [7, 11) is 0. The molecule has 3 unspecified atom stereocenters. The summed E-state index contributed by atoms with van der Waals surface area (Å²) >= 11 is 0. The van der Waals surface area contributed by atoms with Gasteiger partial charge in [-0.05, 0) is 13.0 Å². The summed E-state index contributed by atoms with van der Waals surface area (Å²) in [6, 6.07) is 0. The Morgan fingerprint density at radius 2 is 2.00 bits per heavy atom. The van der Waals surface area contributed by atoms with Crippen LogP contribution in [-0.4, -0.2) is 30.1 Å². The fourth-order valence-corrected chi connectivity index (χ4v) is 1.22. The van der Waals surface area contributed by atoms with E-state index in [4.69, 9.17) is 9.47 Å². The summed E-state index contributed by atoms with van der Waals surface area (Å²) in [5.41, 5.74) is 0. The lowest BCUT2D eigenvalue weighted by Crippen LogP contribution is -2.34. The molecule has 0 aromatic rings. The molecule has 0 bridgehead atoms. The van der Waals surface area contributed by atoms with Crippen LogP contribution in [0.15, 0.2) is 12.2 Å². The van der Waals surface area contributed by atoms with Gasteiger partial charge in [-0.15, -0.1) is 0 Å². The van der Waals surface area contributed by atoms with Crippen LogP contribution in [-0.2, 0) is 19.1 Å². The molecule has 64 valence electrons. The van der Waals surface area contributed by atoms with E-state index < -0.39 is 12.1 Å². The van der Waals surface area contributed by atoms with Crippen molar-refractivity contribution in [1.82, 2.24) is 0 Å². The van der Waals surface area contributed by atoms with Gasteiger partial charge in [0.2, 0.25) is 0 Å². The van der Waals surface area contributed by atoms with Gasteiger partial charge in [-0.25, -0.2) is 4.79 Å². The molecule has 1 fully saturated rings. The molecule has 0 spiro atoms. The SMILES string of the molecule is CC1OC1C1OC(=O)C=CC1=O. The van der Waals surface area contributed by atoms with Crippen LogP contribution in [0.2, 0.25) is 0 Å². The van der Waals surface area contributed by atoms with Crippen LogP contribution >= 0.6 is 0 Å². The fraction of sp³-hybridized carbons (Fsp3) is 0.500. The summed E-state index contributed by atoms with van der Waals surface area (Å²) < 4.78 is 9.84. The normalized spacial score (nSPS) is 39.6. The second kappa shape index (κ2) is 2.42. The Hall–Kier alpha value is -1.16. The topological polar surface area (TPSA) is 55.9 Å². The molecule has 2 heterocycles. The third-order valence-corrected chi connectivity index (χ3v) is 1.96. The van der Waals surface area contributed by atoms with Gasteiger partial charge in [0.25, 0.3) is 0 Å². The molecular formula is C8H8O4. The number of ether oxygens (including phenoxy) is 2. The molecule has 0 radical (unpaired) electrons. The van der Waals surface area contributed by atoms with Crippen molar-refractivity contribution in [3.05, 3.63) is 12.2 Å². The monoisotopic (exact) mass is 168 g/mol. The van der Waals surface area contributed by atoms with Gasteiger partial charge in [-0.1, -0.05) is 0 Å². The summed E-state index contributed by atoms with van der Waals surface area (Å²) in [6.07, 6.45) is 1.46. The van der Waals surface area contributed by atoms with Crippen LogP contribution in [0.5, 0.6) is 0 Å². The molecule has 2 aliphatic rings. The number of hydrogen-bond acceptors (Lipinski definition) is 4. The van der Waals surface area contributed by atoms with Crippen molar-refractivity contribution >= 4 is 11.8 Å². The molecule has 12 heavy (non-hydrogen) atoms. The Balaban J connectivity index is 2.11. The van der Waals surface area contributed by atoms with Crippen LogP contribution in [0.4, 0.5) is 0 Å². The van der Waals surface area contributed by atoms with E-state index in [1.54, 1.807) is 0 Å². The number of ketones is 1. The van der Waals surface area contributed by atoms with Crippen LogP contribution < -0.4 is 0 Å². The Labute approximate surface area is 69.1 Å². The quantitative estimate of drug-likeness (QED) is 0.402. The van der Waals surface area contributed by atoms with Crippen molar-refractivity contribution < 1.29 is 19.1 Å². The summed E-state index contributed by atoms with van der Waals surface area (Å²) in [5, 5.41) is 0. The third kappa shape index (κ3) is 1.14. The minimum atomic E-state index is -0.711. The van der Waals surface area contributed by atoms with Crippen molar-refractivity contribution in [1.29, 1.82) is 0 Å². The van der Waals surface area contributed by atoms with E-state index in [9.17, 15) is 9.59 Å². The largest absolute Gasteiger partial charge is 0.448 e. The molecule has 1 saturated heterocycles. The van der Waals surface area contributed by atoms with E-state index in [-0.39, 0.29) is 18.0 Å². The zero-order valence-corrected chi connectivity index (χ0v) is 6.52. The number of rotatable bonds is 1. The minimum Gasteiger partial charge on any atom is -0.448 e. The standard InChI is InChI=1S/C8H8O4/c1-4-7(11-4)8-5(9)2-3-6(10)12-8/h2-4,7-8H,1H3. The van der Waals surface area contributed by atoms with Gasteiger partial charge >= 0.3 is 5.97 Å². The highest BCUT2D eigenvalue weighted by Crippen LogP contribution is 2.28. The van der Waals surface area contributed by atoms with Crippen molar-refractivity contribution in [3.63, 3.8) is 0 Å². The Bertz CT molecular complexity index is 268. The Kier molecular flexibility index (Phi) is 1.51. The Morgan fingerprint density at radius 3 is 2.58 bits per heavy atom. The highest BCUT2D eigenvalue weighted by molar-refractivity contribution is 6.03. The van der Waals surface area contributed by atoms with Crippen LogP contribution in [0.1, 0.15) is 6.92 Å². The highest BCUT2D eigenvalue weighted by Gasteiger charge is 2.47. The van der Waals surface area contributed by atoms with Gasteiger partial charge in [0.05, 0.1) is 6.10 Å². The van der Waals surface area contributed by atoms with Gasteiger partial charge in [-0.2, -0.15) is 0 Å². The first-order valence-corrected chi connectivity index (χ1v) is 3.76. The smallest absolute Gasteiger partial charge is 0.331 e. The molecule has 3 atom stereocenters. The van der Waals surface area contributed by atoms with Crippen LogP contribution in [0, 0.1) is 0 Å². The number of carbonyl (C=O) groups excluding carboxylic acids is 2. The molecular weight excluding hydrogens is 160 g/mol. The fourth-order valence-electron chi connectivity index (χ4n) is 1.22. The lowest BCUT2D eigenvalue weighted by Gasteiger charge is -2.14. The average molecular weight is 168 g/mol. The highest BCUT2D eigenvalue weighted by atomic mass is 16.6. The molecule has 4 nitrogen and oxygen atoms in total. The minimum absolute atomic E-state index is 0.0262. The average Bonchev–Trinajstić information content (AvgIpc) is 2.73. The first-order chi connectivity index (χ1) is 5.68. The molecule has 0 N–H and O–H groups in total. The van der Waals surface area contributed by atoms with Gasteiger partial charge in [0.15, 0.2) is 11.9 Å². The van der Waals surface area contributed by atoms with Gasteiger partial charge in [0, 0.05) is 6.08 Å². The van der Waals surface area contributed by atoms with Gasteiger partial charge in [0.1, 0.15) is 6.10 Å². The second-order valence-electron chi connectivity index (χ2n) is 2.90.